The predicted octanol–water partition coefficient (Wildman–Crippen LogP) is 0.336. The predicted molar refractivity (Wildman–Crippen MR) is 69.1 cm³/mol. The van der Waals surface area contributed by atoms with Crippen LogP contribution in [0.2, 0.25) is 0 Å². The summed E-state index contributed by atoms with van der Waals surface area (Å²) in [6, 6.07) is 3.63. The highest BCUT2D eigenvalue weighted by atomic mass is 32.2. The van der Waals surface area contributed by atoms with Gasteiger partial charge in [0.15, 0.2) is 0 Å². The fourth-order valence-electron chi connectivity index (χ4n) is 1.40. The molecule has 102 valence electrons. The monoisotopic (exact) mass is 273 g/mol. The molecule has 0 aliphatic carbocycles. The van der Waals surface area contributed by atoms with E-state index < -0.39 is 10.2 Å². The second-order valence-electron chi connectivity index (χ2n) is 3.98. The molecule has 0 N–H and O–H groups in total. The Balaban J connectivity index is 2.86. The molecule has 0 saturated carbocycles. The Morgan fingerprint density at radius 1 is 1.39 bits per heavy atom. The fourth-order valence-corrected chi connectivity index (χ4v) is 2.47. The van der Waals surface area contributed by atoms with Crippen molar-refractivity contribution >= 4 is 10.2 Å². The molecule has 1 aromatic heterocycles. The minimum Gasteiger partial charge on any atom is -0.383 e. The van der Waals surface area contributed by atoms with E-state index >= 15 is 0 Å². The van der Waals surface area contributed by atoms with Gasteiger partial charge in [0.1, 0.15) is 0 Å². The summed E-state index contributed by atoms with van der Waals surface area (Å²) in [7, 11) is 1.12. The maximum absolute atomic E-state index is 12.1. The van der Waals surface area contributed by atoms with E-state index in [0.717, 1.165) is 5.56 Å². The number of ether oxygens (including phenoxy) is 1. The van der Waals surface area contributed by atoms with Crippen LogP contribution in [-0.2, 0) is 21.5 Å². The van der Waals surface area contributed by atoms with E-state index in [9.17, 15) is 8.42 Å². The fraction of sp³-hybridized carbons (Fsp3) is 0.545. The van der Waals surface area contributed by atoms with Gasteiger partial charge in [-0.05, 0) is 11.6 Å². The lowest BCUT2D eigenvalue weighted by Crippen LogP contribution is -2.41. The third-order valence-electron chi connectivity index (χ3n) is 2.41. The molecule has 0 spiro atoms. The van der Waals surface area contributed by atoms with Gasteiger partial charge < -0.3 is 4.74 Å². The average molecular weight is 273 g/mol. The molecular weight excluding hydrogens is 254 g/mol. The maximum atomic E-state index is 12.1. The van der Waals surface area contributed by atoms with E-state index in [0.29, 0.717) is 13.2 Å². The van der Waals surface area contributed by atoms with Gasteiger partial charge in [0.2, 0.25) is 0 Å². The van der Waals surface area contributed by atoms with Crippen molar-refractivity contribution < 1.29 is 13.2 Å². The minimum absolute atomic E-state index is 0.289. The second-order valence-corrected chi connectivity index (χ2v) is 6.12. The summed E-state index contributed by atoms with van der Waals surface area (Å²) in [4.78, 5) is 3.98. The van der Waals surface area contributed by atoms with Crippen LogP contribution in [0.25, 0.3) is 0 Å². The summed E-state index contributed by atoms with van der Waals surface area (Å²) in [5.41, 5.74) is 0.846. The molecule has 0 unspecified atom stereocenters. The van der Waals surface area contributed by atoms with E-state index in [4.69, 9.17) is 4.74 Å². The zero-order valence-electron chi connectivity index (χ0n) is 10.9. The summed E-state index contributed by atoms with van der Waals surface area (Å²) in [5, 5.41) is 0. The van der Waals surface area contributed by atoms with Crippen LogP contribution in [0, 0.1) is 0 Å². The number of aromatic nitrogens is 1. The van der Waals surface area contributed by atoms with Crippen molar-refractivity contribution in [2.24, 2.45) is 0 Å². The SMILES string of the molecule is COCCN(Cc1cccnc1)S(=O)(=O)N(C)C. The Kier molecular flexibility index (Phi) is 5.67. The largest absolute Gasteiger partial charge is 0.383 e. The third kappa shape index (κ3) is 4.02. The first kappa shape index (κ1) is 15.0. The van der Waals surface area contributed by atoms with Gasteiger partial charge in [-0.3, -0.25) is 4.98 Å². The zero-order chi connectivity index (χ0) is 13.6. The van der Waals surface area contributed by atoms with E-state index in [-0.39, 0.29) is 6.54 Å². The first-order valence-corrected chi connectivity index (χ1v) is 6.93. The Labute approximate surface area is 108 Å². The van der Waals surface area contributed by atoms with E-state index in [1.54, 1.807) is 25.6 Å². The molecule has 0 aliphatic heterocycles. The average Bonchev–Trinajstić information content (AvgIpc) is 2.35. The van der Waals surface area contributed by atoms with Crippen LogP contribution in [0.1, 0.15) is 5.56 Å². The van der Waals surface area contributed by atoms with Gasteiger partial charge in [-0.15, -0.1) is 0 Å². The van der Waals surface area contributed by atoms with Crippen LogP contribution in [-0.4, -0.2) is 56.4 Å². The number of hydrogen-bond acceptors (Lipinski definition) is 4. The van der Waals surface area contributed by atoms with Crippen LogP contribution in [0.4, 0.5) is 0 Å². The topological polar surface area (TPSA) is 62.7 Å². The third-order valence-corrected chi connectivity index (χ3v) is 4.30. The molecule has 0 saturated heterocycles. The lowest BCUT2D eigenvalue weighted by atomic mass is 10.3. The van der Waals surface area contributed by atoms with Crippen molar-refractivity contribution in [2.45, 2.75) is 6.54 Å². The highest BCUT2D eigenvalue weighted by Gasteiger charge is 2.24. The Morgan fingerprint density at radius 2 is 2.11 bits per heavy atom. The quantitative estimate of drug-likeness (QED) is 0.718. The number of hydrogen-bond donors (Lipinski definition) is 0. The molecular formula is C11H19N3O3S. The standard InChI is InChI=1S/C11H19N3O3S/c1-13(2)18(15,16)14(7-8-17-3)10-11-5-4-6-12-9-11/h4-6,9H,7-8,10H2,1-3H3. The summed E-state index contributed by atoms with van der Waals surface area (Å²) in [6.45, 7) is 0.955. The van der Waals surface area contributed by atoms with Gasteiger partial charge >= 0.3 is 0 Å². The van der Waals surface area contributed by atoms with E-state index in [2.05, 4.69) is 4.98 Å². The van der Waals surface area contributed by atoms with Crippen LogP contribution in [0.15, 0.2) is 24.5 Å². The van der Waals surface area contributed by atoms with Gasteiger partial charge in [0, 0.05) is 46.7 Å². The molecule has 0 amide bonds. The molecule has 1 heterocycles. The first-order valence-electron chi connectivity index (χ1n) is 5.54. The van der Waals surface area contributed by atoms with Crippen LogP contribution < -0.4 is 0 Å². The van der Waals surface area contributed by atoms with Crippen molar-refractivity contribution in [1.29, 1.82) is 0 Å². The molecule has 0 fully saturated rings. The lowest BCUT2D eigenvalue weighted by molar-refractivity contribution is 0.175. The van der Waals surface area contributed by atoms with Gasteiger partial charge in [-0.25, -0.2) is 0 Å². The summed E-state index contributed by atoms with van der Waals surface area (Å²) >= 11 is 0. The molecule has 0 atom stereocenters. The van der Waals surface area contributed by atoms with Gasteiger partial charge in [-0.1, -0.05) is 6.07 Å². The van der Waals surface area contributed by atoms with E-state index in [1.807, 2.05) is 6.07 Å². The number of rotatable bonds is 7. The van der Waals surface area contributed by atoms with Gasteiger partial charge in [0.25, 0.3) is 10.2 Å². The molecule has 1 rings (SSSR count). The Bertz CT molecular complexity index is 448. The first-order chi connectivity index (χ1) is 8.48. The number of nitrogens with zero attached hydrogens (tertiary/aromatic N) is 3. The van der Waals surface area contributed by atoms with Crippen LogP contribution >= 0.6 is 0 Å². The maximum Gasteiger partial charge on any atom is 0.281 e. The minimum atomic E-state index is -3.45. The Hall–Kier alpha value is -1.02. The molecule has 7 heteroatoms. The molecule has 0 bridgehead atoms. The molecule has 18 heavy (non-hydrogen) atoms. The Morgan fingerprint density at radius 3 is 2.61 bits per heavy atom. The highest BCUT2D eigenvalue weighted by Crippen LogP contribution is 2.10. The zero-order valence-corrected chi connectivity index (χ0v) is 11.7. The number of methoxy groups -OCH3 is 1. The van der Waals surface area contributed by atoms with Crippen molar-refractivity contribution in [3.63, 3.8) is 0 Å². The van der Waals surface area contributed by atoms with Crippen molar-refractivity contribution in [3.05, 3.63) is 30.1 Å². The molecule has 0 aromatic carbocycles. The summed E-state index contributed by atoms with van der Waals surface area (Å²) in [6.07, 6.45) is 3.31. The van der Waals surface area contributed by atoms with Crippen molar-refractivity contribution in [2.75, 3.05) is 34.4 Å². The van der Waals surface area contributed by atoms with E-state index in [1.165, 1.54) is 22.7 Å². The molecule has 6 nitrogen and oxygen atoms in total. The highest BCUT2D eigenvalue weighted by molar-refractivity contribution is 7.86. The van der Waals surface area contributed by atoms with Gasteiger partial charge in [-0.2, -0.15) is 17.0 Å². The van der Waals surface area contributed by atoms with Gasteiger partial charge in [0.05, 0.1) is 6.61 Å². The smallest absolute Gasteiger partial charge is 0.281 e. The molecule has 1 aromatic rings. The second kappa shape index (κ2) is 6.79. The summed E-state index contributed by atoms with van der Waals surface area (Å²) < 4.78 is 31.7. The normalized spacial score (nSPS) is 12.3. The molecule has 0 radical (unpaired) electrons. The molecule has 0 aliphatic rings. The van der Waals surface area contributed by atoms with Crippen LogP contribution in [0.3, 0.4) is 0 Å². The lowest BCUT2D eigenvalue weighted by Gasteiger charge is -2.25. The van der Waals surface area contributed by atoms with Crippen molar-refractivity contribution in [1.82, 2.24) is 13.6 Å². The van der Waals surface area contributed by atoms with Crippen LogP contribution in [0.5, 0.6) is 0 Å². The number of pyridine rings is 1. The summed E-state index contributed by atoms with van der Waals surface area (Å²) in [5.74, 6) is 0. The van der Waals surface area contributed by atoms with Crippen molar-refractivity contribution in [3.8, 4) is 0 Å².